The molecule has 1 aromatic heterocycles. The van der Waals surface area contributed by atoms with Gasteiger partial charge in [0.2, 0.25) is 0 Å². The lowest BCUT2D eigenvalue weighted by Gasteiger charge is -2.20. The number of hydrogen-bond acceptors (Lipinski definition) is 3. The average Bonchev–Trinajstić information content (AvgIpc) is 2.78. The van der Waals surface area contributed by atoms with Gasteiger partial charge < -0.3 is 10.0 Å². The summed E-state index contributed by atoms with van der Waals surface area (Å²) in [6.45, 7) is 0.480. The van der Waals surface area contributed by atoms with Gasteiger partial charge in [0, 0.05) is 17.2 Å². The lowest BCUT2D eigenvalue weighted by Crippen LogP contribution is -2.40. The fourth-order valence-electron chi connectivity index (χ4n) is 1.92. The number of nitrogens with zero attached hydrogens (tertiary/aromatic N) is 2. The number of likely N-dealkylation sites (tertiary alicyclic amines) is 1. The van der Waals surface area contributed by atoms with E-state index >= 15 is 0 Å². The molecule has 1 amide bonds. The van der Waals surface area contributed by atoms with Gasteiger partial charge >= 0.3 is 5.97 Å². The fraction of sp³-hybridized carbons (Fsp3) is 0.364. The number of aliphatic carboxylic acids is 1. The predicted octanol–water partition coefficient (Wildman–Crippen LogP) is 1.53. The van der Waals surface area contributed by atoms with Gasteiger partial charge in [0.25, 0.3) is 5.91 Å². The Hall–Kier alpha value is -1.43. The normalized spacial score (nSPS) is 19.4. The highest BCUT2D eigenvalue weighted by atomic mass is 79.9. The Kier molecular flexibility index (Phi) is 3.42. The number of carboxylic acid groups (broad SMARTS) is 1. The first-order chi connectivity index (χ1) is 8.09. The van der Waals surface area contributed by atoms with Crippen LogP contribution in [0.2, 0.25) is 0 Å². The third kappa shape index (κ3) is 2.46. The zero-order valence-electron chi connectivity index (χ0n) is 8.97. The lowest BCUT2D eigenvalue weighted by atomic mass is 10.2. The summed E-state index contributed by atoms with van der Waals surface area (Å²) in [6, 6.07) is 2.59. The molecule has 1 aliphatic rings. The van der Waals surface area contributed by atoms with E-state index in [0.717, 1.165) is 10.9 Å². The Morgan fingerprint density at radius 1 is 1.47 bits per heavy atom. The smallest absolute Gasteiger partial charge is 0.326 e. The van der Waals surface area contributed by atoms with Crippen LogP contribution in [-0.2, 0) is 4.79 Å². The van der Waals surface area contributed by atoms with Crippen molar-refractivity contribution in [2.45, 2.75) is 18.9 Å². The van der Waals surface area contributed by atoms with E-state index in [1.165, 1.54) is 11.1 Å². The second-order valence-corrected chi connectivity index (χ2v) is 4.77. The van der Waals surface area contributed by atoms with Gasteiger partial charge in [-0.25, -0.2) is 9.78 Å². The Morgan fingerprint density at radius 3 is 2.82 bits per heavy atom. The summed E-state index contributed by atoms with van der Waals surface area (Å²) in [4.78, 5) is 28.4. The molecule has 1 atom stereocenters. The number of halogens is 1. The monoisotopic (exact) mass is 298 g/mol. The van der Waals surface area contributed by atoms with Crippen molar-refractivity contribution in [2.75, 3.05) is 6.54 Å². The van der Waals surface area contributed by atoms with Crippen LogP contribution >= 0.6 is 15.9 Å². The van der Waals surface area contributed by atoms with Gasteiger partial charge in [-0.15, -0.1) is 0 Å². The molecule has 1 fully saturated rings. The molecule has 2 rings (SSSR count). The Labute approximate surface area is 107 Å². The lowest BCUT2D eigenvalue weighted by molar-refractivity contribution is -0.141. The largest absolute Gasteiger partial charge is 0.480 e. The second kappa shape index (κ2) is 4.83. The van der Waals surface area contributed by atoms with E-state index in [1.807, 2.05) is 0 Å². The Morgan fingerprint density at radius 2 is 2.24 bits per heavy atom. The van der Waals surface area contributed by atoms with E-state index in [9.17, 15) is 9.59 Å². The highest BCUT2D eigenvalue weighted by Crippen LogP contribution is 2.20. The van der Waals surface area contributed by atoms with E-state index < -0.39 is 12.0 Å². The summed E-state index contributed by atoms with van der Waals surface area (Å²) in [5.41, 5.74) is 0.279. The number of carboxylic acids is 1. The van der Waals surface area contributed by atoms with Crippen LogP contribution in [0.15, 0.2) is 22.8 Å². The zero-order valence-corrected chi connectivity index (χ0v) is 10.6. The quantitative estimate of drug-likeness (QED) is 0.899. The van der Waals surface area contributed by atoms with Crippen molar-refractivity contribution < 1.29 is 14.7 Å². The molecule has 17 heavy (non-hydrogen) atoms. The summed E-state index contributed by atoms with van der Waals surface area (Å²) in [5.74, 6) is -1.27. The summed E-state index contributed by atoms with van der Waals surface area (Å²) < 4.78 is 0.783. The molecule has 0 unspecified atom stereocenters. The number of amides is 1. The molecule has 1 aliphatic heterocycles. The average molecular weight is 299 g/mol. The third-order valence-electron chi connectivity index (χ3n) is 2.75. The SMILES string of the molecule is O=C(O)[C@@H]1CCCN1C(=O)c1ccc(Br)cn1. The predicted molar refractivity (Wildman–Crippen MR) is 63.6 cm³/mol. The van der Waals surface area contributed by atoms with Crippen molar-refractivity contribution in [2.24, 2.45) is 0 Å². The molecule has 1 N–H and O–H groups in total. The van der Waals surface area contributed by atoms with Crippen LogP contribution in [0.1, 0.15) is 23.3 Å². The molecule has 0 spiro atoms. The van der Waals surface area contributed by atoms with E-state index in [0.29, 0.717) is 13.0 Å². The van der Waals surface area contributed by atoms with Gasteiger partial charge in [-0.1, -0.05) is 0 Å². The number of carbonyl (C=O) groups is 2. The topological polar surface area (TPSA) is 70.5 Å². The molecule has 6 heteroatoms. The highest BCUT2D eigenvalue weighted by Gasteiger charge is 2.34. The molecule has 0 saturated carbocycles. The number of pyridine rings is 1. The molecule has 0 aliphatic carbocycles. The van der Waals surface area contributed by atoms with E-state index in [2.05, 4.69) is 20.9 Å². The number of rotatable bonds is 2. The first-order valence-electron chi connectivity index (χ1n) is 5.25. The van der Waals surface area contributed by atoms with Gasteiger partial charge in [-0.3, -0.25) is 4.79 Å². The molecule has 1 aromatic rings. The fourth-order valence-corrected chi connectivity index (χ4v) is 2.15. The van der Waals surface area contributed by atoms with E-state index in [1.54, 1.807) is 12.1 Å². The van der Waals surface area contributed by atoms with Gasteiger partial charge in [-0.2, -0.15) is 0 Å². The molecule has 0 aromatic carbocycles. The van der Waals surface area contributed by atoms with Crippen molar-refractivity contribution in [1.29, 1.82) is 0 Å². The van der Waals surface area contributed by atoms with Crippen LogP contribution in [0.25, 0.3) is 0 Å². The molecule has 5 nitrogen and oxygen atoms in total. The maximum atomic E-state index is 12.1. The maximum Gasteiger partial charge on any atom is 0.326 e. The number of carbonyl (C=O) groups excluding carboxylic acids is 1. The van der Waals surface area contributed by atoms with Crippen molar-refractivity contribution in [3.8, 4) is 0 Å². The summed E-state index contributed by atoms with van der Waals surface area (Å²) >= 11 is 3.23. The Balaban J connectivity index is 2.19. The van der Waals surface area contributed by atoms with Gasteiger partial charge in [0.1, 0.15) is 11.7 Å². The van der Waals surface area contributed by atoms with Crippen LogP contribution in [-0.4, -0.2) is 39.5 Å². The van der Waals surface area contributed by atoms with Crippen LogP contribution in [0.4, 0.5) is 0 Å². The maximum absolute atomic E-state index is 12.1. The molecule has 0 radical (unpaired) electrons. The minimum Gasteiger partial charge on any atom is -0.480 e. The van der Waals surface area contributed by atoms with Crippen LogP contribution in [0, 0.1) is 0 Å². The molecular formula is C11H11BrN2O3. The second-order valence-electron chi connectivity index (χ2n) is 3.86. The van der Waals surface area contributed by atoms with Gasteiger partial charge in [0.15, 0.2) is 0 Å². The van der Waals surface area contributed by atoms with Crippen LogP contribution in [0.3, 0.4) is 0 Å². The van der Waals surface area contributed by atoms with Crippen molar-refractivity contribution >= 4 is 27.8 Å². The molecular weight excluding hydrogens is 288 g/mol. The van der Waals surface area contributed by atoms with Crippen molar-refractivity contribution in [1.82, 2.24) is 9.88 Å². The van der Waals surface area contributed by atoms with Crippen molar-refractivity contribution in [3.63, 3.8) is 0 Å². The molecule has 90 valence electrons. The summed E-state index contributed by atoms with van der Waals surface area (Å²) in [7, 11) is 0. The summed E-state index contributed by atoms with van der Waals surface area (Å²) in [6.07, 6.45) is 2.76. The first kappa shape index (κ1) is 12.0. The zero-order chi connectivity index (χ0) is 12.4. The Bertz CT molecular complexity index is 447. The van der Waals surface area contributed by atoms with E-state index in [4.69, 9.17) is 5.11 Å². The molecule has 0 bridgehead atoms. The first-order valence-corrected chi connectivity index (χ1v) is 6.04. The van der Waals surface area contributed by atoms with Gasteiger partial charge in [0.05, 0.1) is 0 Å². The number of hydrogen-bond donors (Lipinski definition) is 1. The van der Waals surface area contributed by atoms with E-state index in [-0.39, 0.29) is 11.6 Å². The highest BCUT2D eigenvalue weighted by molar-refractivity contribution is 9.10. The third-order valence-corrected chi connectivity index (χ3v) is 3.21. The van der Waals surface area contributed by atoms with Crippen molar-refractivity contribution in [3.05, 3.63) is 28.5 Å². The van der Waals surface area contributed by atoms with Crippen LogP contribution in [0.5, 0.6) is 0 Å². The standard InChI is InChI=1S/C11H11BrN2O3/c12-7-3-4-8(13-6-7)10(15)14-5-1-2-9(14)11(16)17/h3-4,6,9H,1-2,5H2,(H,16,17)/t9-/m0/s1. The number of aromatic nitrogens is 1. The molecule has 2 heterocycles. The molecule has 1 saturated heterocycles. The van der Waals surface area contributed by atoms with Crippen LogP contribution < -0.4 is 0 Å². The minimum atomic E-state index is -0.951. The summed E-state index contributed by atoms with van der Waals surface area (Å²) in [5, 5.41) is 9.00. The minimum absolute atomic E-state index is 0.279. The van der Waals surface area contributed by atoms with Gasteiger partial charge in [-0.05, 0) is 40.9 Å².